The molecular weight excluding hydrogens is 497 g/mol. The number of aliphatic imine (C=N–C) groups is 1. The van der Waals surface area contributed by atoms with Crippen LogP contribution in [0.15, 0.2) is 47.5 Å². The summed E-state index contributed by atoms with van der Waals surface area (Å²) in [4.78, 5) is 4.59. The number of benzene rings is 2. The summed E-state index contributed by atoms with van der Waals surface area (Å²) < 4.78 is 16.4. The van der Waals surface area contributed by atoms with Gasteiger partial charge in [-0.2, -0.15) is 0 Å². The molecular formula is C22H30IN3O4. The first-order valence-corrected chi connectivity index (χ1v) is 9.90. The molecule has 1 aliphatic heterocycles. The summed E-state index contributed by atoms with van der Waals surface area (Å²) >= 11 is 0. The molecule has 1 atom stereocenters. The minimum Gasteiger partial charge on any atom is -0.491 e. The van der Waals surface area contributed by atoms with E-state index in [1.807, 2.05) is 63.2 Å². The molecule has 30 heavy (non-hydrogen) atoms. The number of halogens is 1. The zero-order valence-electron chi connectivity index (χ0n) is 17.6. The fourth-order valence-corrected chi connectivity index (χ4v) is 2.90. The SMILES string of the molecule is CCNC(=NCc1ccc2c(c1)OCO2)NCC(O)c1ccc(OC(C)C)cc1.I. The molecule has 0 amide bonds. The topological polar surface area (TPSA) is 84.3 Å². The van der Waals surface area contributed by atoms with Gasteiger partial charge in [-0.15, -0.1) is 24.0 Å². The number of fused-ring (bicyclic) bond motifs is 1. The van der Waals surface area contributed by atoms with E-state index in [-0.39, 0.29) is 36.9 Å². The number of rotatable bonds is 8. The number of aliphatic hydroxyl groups excluding tert-OH is 1. The van der Waals surface area contributed by atoms with E-state index in [9.17, 15) is 5.11 Å². The van der Waals surface area contributed by atoms with E-state index in [4.69, 9.17) is 14.2 Å². The van der Waals surface area contributed by atoms with Crippen molar-refractivity contribution in [3.05, 3.63) is 53.6 Å². The Morgan fingerprint density at radius 3 is 2.53 bits per heavy atom. The van der Waals surface area contributed by atoms with Crippen LogP contribution < -0.4 is 24.8 Å². The lowest BCUT2D eigenvalue weighted by molar-refractivity contribution is 0.174. The lowest BCUT2D eigenvalue weighted by Gasteiger charge is -2.16. The van der Waals surface area contributed by atoms with E-state index >= 15 is 0 Å². The minimum atomic E-state index is -0.655. The van der Waals surface area contributed by atoms with Crippen molar-refractivity contribution in [3.63, 3.8) is 0 Å². The van der Waals surface area contributed by atoms with Gasteiger partial charge in [-0.1, -0.05) is 18.2 Å². The molecule has 0 spiro atoms. The van der Waals surface area contributed by atoms with Gasteiger partial charge in [-0.3, -0.25) is 0 Å². The van der Waals surface area contributed by atoms with Gasteiger partial charge in [0.05, 0.1) is 18.8 Å². The summed E-state index contributed by atoms with van der Waals surface area (Å²) in [6.07, 6.45) is -0.534. The maximum absolute atomic E-state index is 10.5. The number of hydrogen-bond acceptors (Lipinski definition) is 5. The van der Waals surface area contributed by atoms with Crippen LogP contribution in [0.5, 0.6) is 17.2 Å². The van der Waals surface area contributed by atoms with E-state index in [0.29, 0.717) is 19.0 Å². The van der Waals surface area contributed by atoms with E-state index in [1.165, 1.54) is 0 Å². The smallest absolute Gasteiger partial charge is 0.231 e. The van der Waals surface area contributed by atoms with E-state index in [1.54, 1.807) is 0 Å². The van der Waals surface area contributed by atoms with Crippen molar-refractivity contribution in [1.29, 1.82) is 0 Å². The molecule has 0 aliphatic carbocycles. The molecule has 0 bridgehead atoms. The normalized spacial score (nSPS) is 13.6. The highest BCUT2D eigenvalue weighted by atomic mass is 127. The second-order valence-electron chi connectivity index (χ2n) is 7.02. The first-order valence-electron chi connectivity index (χ1n) is 9.90. The van der Waals surface area contributed by atoms with Crippen LogP contribution in [0.25, 0.3) is 0 Å². The number of hydrogen-bond donors (Lipinski definition) is 3. The van der Waals surface area contributed by atoms with Gasteiger partial charge >= 0.3 is 0 Å². The van der Waals surface area contributed by atoms with Crippen molar-refractivity contribution in [3.8, 4) is 17.2 Å². The molecule has 0 fully saturated rings. The molecule has 1 heterocycles. The Labute approximate surface area is 194 Å². The van der Waals surface area contributed by atoms with Crippen LogP contribution in [-0.4, -0.2) is 37.1 Å². The molecule has 0 saturated heterocycles. The third-order valence-corrected chi connectivity index (χ3v) is 4.30. The molecule has 3 rings (SSSR count). The molecule has 0 saturated carbocycles. The number of nitrogens with zero attached hydrogens (tertiary/aromatic N) is 1. The number of nitrogens with one attached hydrogen (secondary N) is 2. The first kappa shape index (κ1) is 24.1. The van der Waals surface area contributed by atoms with E-state index < -0.39 is 6.10 Å². The van der Waals surface area contributed by atoms with Gasteiger partial charge in [0.25, 0.3) is 0 Å². The average molecular weight is 527 g/mol. The Kier molecular flexibility index (Phi) is 9.51. The number of ether oxygens (including phenoxy) is 3. The van der Waals surface area contributed by atoms with E-state index in [0.717, 1.165) is 34.9 Å². The molecule has 7 nitrogen and oxygen atoms in total. The third kappa shape index (κ3) is 6.94. The van der Waals surface area contributed by atoms with Gasteiger partial charge in [-0.05, 0) is 56.2 Å². The largest absolute Gasteiger partial charge is 0.491 e. The predicted octanol–water partition coefficient (Wildman–Crippen LogP) is 3.61. The predicted molar refractivity (Wildman–Crippen MR) is 128 cm³/mol. The maximum Gasteiger partial charge on any atom is 0.231 e. The minimum absolute atomic E-state index is 0. The Hall–Kier alpha value is -2.20. The van der Waals surface area contributed by atoms with Crippen molar-refractivity contribution in [2.24, 2.45) is 4.99 Å². The third-order valence-electron chi connectivity index (χ3n) is 4.30. The van der Waals surface area contributed by atoms with Gasteiger partial charge in [-0.25, -0.2) is 4.99 Å². The fourth-order valence-electron chi connectivity index (χ4n) is 2.90. The Balaban J connectivity index is 0.00000320. The van der Waals surface area contributed by atoms with Crippen molar-refractivity contribution < 1.29 is 19.3 Å². The molecule has 2 aromatic carbocycles. The molecule has 1 aliphatic rings. The Bertz CT molecular complexity index is 828. The van der Waals surface area contributed by atoms with Crippen LogP contribution in [-0.2, 0) is 6.54 Å². The van der Waals surface area contributed by atoms with Gasteiger partial charge in [0.1, 0.15) is 5.75 Å². The van der Waals surface area contributed by atoms with Crippen molar-refractivity contribution in [1.82, 2.24) is 10.6 Å². The number of guanidine groups is 1. The Morgan fingerprint density at radius 1 is 1.10 bits per heavy atom. The van der Waals surface area contributed by atoms with Crippen LogP contribution in [0.4, 0.5) is 0 Å². The lowest BCUT2D eigenvalue weighted by Crippen LogP contribution is -2.39. The molecule has 1 unspecified atom stereocenters. The van der Waals surface area contributed by atoms with Gasteiger partial charge < -0.3 is 30.0 Å². The molecule has 0 radical (unpaired) electrons. The average Bonchev–Trinajstić information content (AvgIpc) is 3.18. The highest BCUT2D eigenvalue weighted by Crippen LogP contribution is 2.32. The summed E-state index contributed by atoms with van der Waals surface area (Å²) in [5.41, 5.74) is 1.84. The van der Waals surface area contributed by atoms with Crippen molar-refractivity contribution in [2.45, 2.75) is 39.5 Å². The van der Waals surface area contributed by atoms with Gasteiger partial charge in [0.2, 0.25) is 6.79 Å². The zero-order chi connectivity index (χ0) is 20.6. The summed E-state index contributed by atoms with van der Waals surface area (Å²) in [6.45, 7) is 7.79. The standard InChI is InChI=1S/C22H29N3O4.HI/c1-4-23-22(24-12-16-5-10-20-21(11-16)28-14-27-20)25-13-19(26)17-6-8-18(9-7-17)29-15(2)3;/h5-11,15,19,26H,4,12-14H2,1-3H3,(H2,23,24,25);1H. The zero-order valence-corrected chi connectivity index (χ0v) is 19.9. The molecule has 2 aromatic rings. The summed E-state index contributed by atoms with van der Waals surface area (Å²) in [5.74, 6) is 2.94. The molecule has 164 valence electrons. The Morgan fingerprint density at radius 2 is 1.83 bits per heavy atom. The second-order valence-corrected chi connectivity index (χ2v) is 7.02. The molecule has 8 heteroatoms. The molecule has 0 aromatic heterocycles. The number of aliphatic hydroxyl groups is 1. The van der Waals surface area contributed by atoms with Crippen LogP contribution in [0.3, 0.4) is 0 Å². The molecule has 3 N–H and O–H groups in total. The second kappa shape index (κ2) is 11.8. The van der Waals surface area contributed by atoms with Crippen LogP contribution in [0.2, 0.25) is 0 Å². The van der Waals surface area contributed by atoms with Gasteiger partial charge in [0, 0.05) is 13.1 Å². The highest BCUT2D eigenvalue weighted by Gasteiger charge is 2.13. The van der Waals surface area contributed by atoms with Crippen LogP contribution in [0, 0.1) is 0 Å². The summed E-state index contributed by atoms with van der Waals surface area (Å²) in [7, 11) is 0. The quantitative estimate of drug-likeness (QED) is 0.277. The van der Waals surface area contributed by atoms with Crippen LogP contribution in [0.1, 0.15) is 38.0 Å². The summed E-state index contributed by atoms with van der Waals surface area (Å²) in [5, 5.41) is 16.9. The lowest BCUT2D eigenvalue weighted by atomic mass is 10.1. The van der Waals surface area contributed by atoms with Crippen LogP contribution >= 0.6 is 24.0 Å². The highest BCUT2D eigenvalue weighted by molar-refractivity contribution is 14.0. The van der Waals surface area contributed by atoms with Crippen molar-refractivity contribution in [2.75, 3.05) is 19.9 Å². The first-order chi connectivity index (χ1) is 14.0. The fraction of sp³-hybridized carbons (Fsp3) is 0.409. The van der Waals surface area contributed by atoms with E-state index in [2.05, 4.69) is 15.6 Å². The monoisotopic (exact) mass is 527 g/mol. The summed E-state index contributed by atoms with van der Waals surface area (Å²) in [6, 6.07) is 13.3. The van der Waals surface area contributed by atoms with Gasteiger partial charge in [0.15, 0.2) is 17.5 Å². The maximum atomic E-state index is 10.5. The van der Waals surface area contributed by atoms with Crippen molar-refractivity contribution >= 4 is 29.9 Å².